The minimum atomic E-state index is -0.296. The third-order valence-electron chi connectivity index (χ3n) is 2.75. The Kier molecular flexibility index (Phi) is 4.25. The first-order valence-corrected chi connectivity index (χ1v) is 6.13. The second-order valence-electron chi connectivity index (χ2n) is 4.09. The third kappa shape index (κ3) is 3.17. The molecule has 1 unspecified atom stereocenters. The minimum absolute atomic E-state index is 0.0823. The van der Waals surface area contributed by atoms with Crippen molar-refractivity contribution in [1.29, 1.82) is 0 Å². The van der Waals surface area contributed by atoms with Crippen LogP contribution in [0.15, 0.2) is 36.7 Å². The Bertz CT molecular complexity index is 535. The van der Waals surface area contributed by atoms with Gasteiger partial charge in [-0.1, -0.05) is 13.0 Å². The maximum Gasteiger partial charge on any atom is 0.270 e. The van der Waals surface area contributed by atoms with E-state index in [2.05, 4.69) is 15.4 Å². The Morgan fingerprint density at radius 3 is 2.95 bits per heavy atom. The number of hydrogen-bond donors (Lipinski definition) is 2. The summed E-state index contributed by atoms with van der Waals surface area (Å²) in [5.41, 5.74) is 0.305. The molecule has 0 aliphatic heterocycles. The lowest BCUT2D eigenvalue weighted by atomic mass is 10.2. The summed E-state index contributed by atoms with van der Waals surface area (Å²) in [6, 6.07) is 6.69. The molecule has 0 saturated heterocycles. The SMILES string of the molecule is CCC(CO)NC(=O)c1cccc(-n2cccn2)n1. The van der Waals surface area contributed by atoms with Crippen LogP contribution >= 0.6 is 0 Å². The molecule has 100 valence electrons. The number of rotatable bonds is 5. The zero-order valence-electron chi connectivity index (χ0n) is 10.7. The molecule has 0 saturated carbocycles. The fraction of sp³-hybridized carbons (Fsp3) is 0.308. The topological polar surface area (TPSA) is 80.0 Å². The number of carbonyl (C=O) groups excluding carboxylic acids is 1. The molecular weight excluding hydrogens is 244 g/mol. The lowest BCUT2D eigenvalue weighted by molar-refractivity contribution is 0.0910. The largest absolute Gasteiger partial charge is 0.394 e. The normalized spacial score (nSPS) is 12.1. The molecule has 0 aliphatic rings. The molecule has 2 rings (SSSR count). The molecule has 2 aromatic rings. The lowest BCUT2D eigenvalue weighted by Gasteiger charge is -2.13. The first-order valence-electron chi connectivity index (χ1n) is 6.13. The Labute approximate surface area is 111 Å². The predicted octanol–water partition coefficient (Wildman–Crippen LogP) is 0.768. The maximum atomic E-state index is 12.0. The summed E-state index contributed by atoms with van der Waals surface area (Å²) < 4.78 is 1.58. The van der Waals surface area contributed by atoms with E-state index in [1.807, 2.05) is 6.92 Å². The van der Waals surface area contributed by atoms with Gasteiger partial charge in [-0.05, 0) is 24.6 Å². The van der Waals surface area contributed by atoms with Gasteiger partial charge in [0.25, 0.3) is 5.91 Å². The van der Waals surface area contributed by atoms with Crippen molar-refractivity contribution in [3.63, 3.8) is 0 Å². The molecule has 2 aromatic heterocycles. The Hall–Kier alpha value is -2.21. The van der Waals surface area contributed by atoms with E-state index in [0.29, 0.717) is 17.9 Å². The summed E-state index contributed by atoms with van der Waals surface area (Å²) in [7, 11) is 0. The van der Waals surface area contributed by atoms with Crippen LogP contribution in [0.4, 0.5) is 0 Å². The van der Waals surface area contributed by atoms with Crippen molar-refractivity contribution in [1.82, 2.24) is 20.1 Å². The van der Waals surface area contributed by atoms with E-state index in [-0.39, 0.29) is 18.6 Å². The van der Waals surface area contributed by atoms with Crippen LogP contribution < -0.4 is 5.32 Å². The van der Waals surface area contributed by atoms with Crippen LogP contribution in [0, 0.1) is 0 Å². The summed E-state index contributed by atoms with van der Waals surface area (Å²) in [4.78, 5) is 16.2. The maximum absolute atomic E-state index is 12.0. The Balaban J connectivity index is 2.17. The van der Waals surface area contributed by atoms with Gasteiger partial charge in [0.1, 0.15) is 5.69 Å². The van der Waals surface area contributed by atoms with Gasteiger partial charge in [0, 0.05) is 12.4 Å². The van der Waals surface area contributed by atoms with Crippen molar-refractivity contribution >= 4 is 5.91 Å². The van der Waals surface area contributed by atoms with Gasteiger partial charge in [-0.3, -0.25) is 4.79 Å². The highest BCUT2D eigenvalue weighted by atomic mass is 16.3. The molecule has 6 nitrogen and oxygen atoms in total. The van der Waals surface area contributed by atoms with Crippen LogP contribution in [0.3, 0.4) is 0 Å². The standard InChI is InChI=1S/C13H16N4O2/c1-2-10(9-18)15-13(19)11-5-3-6-12(16-11)17-8-4-7-14-17/h3-8,10,18H,2,9H2,1H3,(H,15,19). The fourth-order valence-electron chi connectivity index (χ4n) is 1.62. The number of pyridine rings is 1. The molecule has 0 aliphatic carbocycles. The van der Waals surface area contributed by atoms with Crippen molar-refractivity contribution in [2.45, 2.75) is 19.4 Å². The van der Waals surface area contributed by atoms with Crippen LogP contribution in [0.2, 0.25) is 0 Å². The number of aliphatic hydroxyl groups is 1. The zero-order valence-corrected chi connectivity index (χ0v) is 10.7. The summed E-state index contributed by atoms with van der Waals surface area (Å²) in [6.45, 7) is 1.82. The molecule has 0 radical (unpaired) electrons. The highest BCUT2D eigenvalue weighted by molar-refractivity contribution is 5.92. The smallest absolute Gasteiger partial charge is 0.270 e. The van der Waals surface area contributed by atoms with Gasteiger partial charge in [-0.25, -0.2) is 9.67 Å². The number of carbonyl (C=O) groups is 1. The number of aromatic nitrogens is 3. The molecule has 2 N–H and O–H groups in total. The molecule has 1 amide bonds. The van der Waals surface area contributed by atoms with E-state index >= 15 is 0 Å². The van der Waals surface area contributed by atoms with Gasteiger partial charge < -0.3 is 10.4 Å². The second kappa shape index (κ2) is 6.10. The molecule has 0 aromatic carbocycles. The van der Waals surface area contributed by atoms with Gasteiger partial charge in [0.2, 0.25) is 0 Å². The van der Waals surface area contributed by atoms with Crippen LogP contribution in [-0.2, 0) is 0 Å². The molecule has 0 bridgehead atoms. The van der Waals surface area contributed by atoms with E-state index in [0.717, 1.165) is 0 Å². The van der Waals surface area contributed by atoms with Crippen LogP contribution in [-0.4, -0.2) is 38.4 Å². The molecule has 1 atom stereocenters. The summed E-state index contributed by atoms with van der Waals surface area (Å²) in [5, 5.41) is 15.9. The van der Waals surface area contributed by atoms with Crippen molar-refractivity contribution < 1.29 is 9.90 Å². The predicted molar refractivity (Wildman–Crippen MR) is 70.0 cm³/mol. The van der Waals surface area contributed by atoms with E-state index in [1.165, 1.54) is 0 Å². The van der Waals surface area contributed by atoms with Gasteiger partial charge in [-0.15, -0.1) is 0 Å². The molecular formula is C13H16N4O2. The number of aliphatic hydroxyl groups excluding tert-OH is 1. The average Bonchev–Trinajstić information content (AvgIpc) is 2.99. The fourth-order valence-corrected chi connectivity index (χ4v) is 1.62. The minimum Gasteiger partial charge on any atom is -0.394 e. The zero-order chi connectivity index (χ0) is 13.7. The van der Waals surface area contributed by atoms with E-state index in [9.17, 15) is 4.79 Å². The van der Waals surface area contributed by atoms with Crippen molar-refractivity contribution in [3.05, 3.63) is 42.4 Å². The average molecular weight is 260 g/mol. The molecule has 2 heterocycles. The summed E-state index contributed by atoms with van der Waals surface area (Å²) in [5.74, 6) is 0.282. The van der Waals surface area contributed by atoms with Crippen LogP contribution in [0.1, 0.15) is 23.8 Å². The highest BCUT2D eigenvalue weighted by Gasteiger charge is 2.13. The second-order valence-corrected chi connectivity index (χ2v) is 4.09. The van der Waals surface area contributed by atoms with Crippen molar-refractivity contribution in [2.24, 2.45) is 0 Å². The summed E-state index contributed by atoms with van der Waals surface area (Å²) >= 11 is 0. The summed E-state index contributed by atoms with van der Waals surface area (Å²) in [6.07, 6.45) is 4.07. The molecule has 0 spiro atoms. The van der Waals surface area contributed by atoms with Crippen molar-refractivity contribution in [3.8, 4) is 5.82 Å². The van der Waals surface area contributed by atoms with Gasteiger partial charge >= 0.3 is 0 Å². The van der Waals surface area contributed by atoms with Gasteiger partial charge in [0.05, 0.1) is 12.6 Å². The molecule has 6 heteroatoms. The van der Waals surface area contributed by atoms with Gasteiger partial charge in [0.15, 0.2) is 5.82 Å². The number of nitrogens with one attached hydrogen (secondary N) is 1. The van der Waals surface area contributed by atoms with E-state index in [4.69, 9.17) is 5.11 Å². The highest BCUT2D eigenvalue weighted by Crippen LogP contribution is 2.05. The monoisotopic (exact) mass is 260 g/mol. The van der Waals surface area contributed by atoms with E-state index in [1.54, 1.807) is 41.3 Å². The van der Waals surface area contributed by atoms with Crippen LogP contribution in [0.5, 0.6) is 0 Å². The first-order chi connectivity index (χ1) is 9.24. The number of hydrogen-bond acceptors (Lipinski definition) is 4. The molecule has 0 fully saturated rings. The lowest BCUT2D eigenvalue weighted by Crippen LogP contribution is -2.37. The molecule has 19 heavy (non-hydrogen) atoms. The van der Waals surface area contributed by atoms with E-state index < -0.39 is 0 Å². The number of nitrogens with zero attached hydrogens (tertiary/aromatic N) is 3. The first kappa shape index (κ1) is 13.2. The van der Waals surface area contributed by atoms with Crippen LogP contribution in [0.25, 0.3) is 5.82 Å². The van der Waals surface area contributed by atoms with Crippen molar-refractivity contribution in [2.75, 3.05) is 6.61 Å². The van der Waals surface area contributed by atoms with Gasteiger partial charge in [-0.2, -0.15) is 5.10 Å². The quantitative estimate of drug-likeness (QED) is 0.832. The number of amides is 1. The Morgan fingerprint density at radius 2 is 2.32 bits per heavy atom. The Morgan fingerprint density at radius 1 is 1.47 bits per heavy atom. The third-order valence-corrected chi connectivity index (χ3v) is 2.75.